The summed E-state index contributed by atoms with van der Waals surface area (Å²) in [4.78, 5) is 29.5. The summed E-state index contributed by atoms with van der Waals surface area (Å²) in [6.07, 6.45) is 7.15. The van der Waals surface area contributed by atoms with Gasteiger partial charge in [0.2, 0.25) is 5.91 Å². The molecule has 0 aliphatic carbocycles. The average molecular weight is 341 g/mol. The molecule has 25 heavy (non-hydrogen) atoms. The highest BCUT2D eigenvalue weighted by molar-refractivity contribution is 5.75. The van der Waals surface area contributed by atoms with E-state index in [4.69, 9.17) is 0 Å². The number of rotatable bonds is 4. The molecule has 1 aromatic carbocycles. The van der Waals surface area contributed by atoms with Crippen molar-refractivity contribution in [3.8, 4) is 5.69 Å². The van der Waals surface area contributed by atoms with Gasteiger partial charge >= 0.3 is 6.03 Å². The van der Waals surface area contributed by atoms with Crippen LogP contribution in [0, 0.1) is 0 Å². The maximum absolute atomic E-state index is 12.5. The van der Waals surface area contributed by atoms with Crippen molar-refractivity contribution < 1.29 is 9.59 Å². The van der Waals surface area contributed by atoms with Crippen molar-refractivity contribution >= 4 is 11.9 Å². The normalized spacial score (nSPS) is 17.2. The third-order valence-corrected chi connectivity index (χ3v) is 4.32. The van der Waals surface area contributed by atoms with Gasteiger partial charge < -0.3 is 20.1 Å². The Morgan fingerprint density at radius 1 is 1.32 bits per heavy atom. The molecular weight excluding hydrogens is 318 g/mol. The van der Waals surface area contributed by atoms with Crippen molar-refractivity contribution in [2.45, 2.75) is 32.4 Å². The Bertz CT molecular complexity index is 729. The van der Waals surface area contributed by atoms with Crippen LogP contribution in [0.25, 0.3) is 5.69 Å². The van der Waals surface area contributed by atoms with E-state index in [1.807, 2.05) is 35.0 Å². The number of urea groups is 1. The molecule has 0 radical (unpaired) electrons. The van der Waals surface area contributed by atoms with E-state index in [-0.39, 0.29) is 18.0 Å². The minimum atomic E-state index is -0.101. The summed E-state index contributed by atoms with van der Waals surface area (Å²) in [6.45, 7) is 3.21. The van der Waals surface area contributed by atoms with Gasteiger partial charge in [-0.2, -0.15) is 0 Å². The van der Waals surface area contributed by atoms with E-state index < -0.39 is 0 Å². The van der Waals surface area contributed by atoms with E-state index in [1.165, 1.54) is 6.92 Å². The van der Waals surface area contributed by atoms with Gasteiger partial charge in [-0.3, -0.25) is 4.79 Å². The van der Waals surface area contributed by atoms with E-state index in [0.29, 0.717) is 19.6 Å². The van der Waals surface area contributed by atoms with Crippen molar-refractivity contribution in [3.63, 3.8) is 0 Å². The van der Waals surface area contributed by atoms with Crippen LogP contribution in [-0.4, -0.2) is 45.5 Å². The van der Waals surface area contributed by atoms with Crippen LogP contribution in [0.15, 0.2) is 43.0 Å². The fraction of sp³-hybridized carbons (Fsp3) is 0.389. The van der Waals surface area contributed by atoms with Crippen LogP contribution in [0.2, 0.25) is 0 Å². The zero-order chi connectivity index (χ0) is 17.6. The molecule has 7 nitrogen and oxygen atoms in total. The summed E-state index contributed by atoms with van der Waals surface area (Å²) >= 11 is 0. The quantitative estimate of drug-likeness (QED) is 0.888. The van der Waals surface area contributed by atoms with E-state index in [9.17, 15) is 9.59 Å². The second kappa shape index (κ2) is 7.83. The summed E-state index contributed by atoms with van der Waals surface area (Å²) < 4.78 is 1.93. The molecule has 3 rings (SSSR count). The van der Waals surface area contributed by atoms with Gasteiger partial charge in [0.05, 0.1) is 12.0 Å². The number of carbonyl (C=O) groups excluding carboxylic acids is 2. The molecule has 1 aliphatic rings. The number of nitrogens with one attached hydrogen (secondary N) is 2. The van der Waals surface area contributed by atoms with E-state index in [0.717, 1.165) is 24.1 Å². The third kappa shape index (κ3) is 4.37. The van der Waals surface area contributed by atoms with Crippen LogP contribution in [0.3, 0.4) is 0 Å². The highest BCUT2D eigenvalue weighted by Crippen LogP contribution is 2.15. The topological polar surface area (TPSA) is 79.3 Å². The number of nitrogens with zero attached hydrogens (tertiary/aromatic N) is 3. The molecule has 2 N–H and O–H groups in total. The lowest BCUT2D eigenvalue weighted by Gasteiger charge is -2.33. The molecule has 3 amide bonds. The van der Waals surface area contributed by atoms with Gasteiger partial charge in [-0.15, -0.1) is 0 Å². The molecule has 1 aliphatic heterocycles. The van der Waals surface area contributed by atoms with Crippen LogP contribution < -0.4 is 10.6 Å². The predicted molar refractivity (Wildman–Crippen MR) is 94.2 cm³/mol. The summed E-state index contributed by atoms with van der Waals surface area (Å²) in [5, 5.41) is 5.88. The fourth-order valence-corrected chi connectivity index (χ4v) is 3.16. The van der Waals surface area contributed by atoms with Crippen LogP contribution in [-0.2, 0) is 11.3 Å². The molecule has 0 saturated carbocycles. The lowest BCUT2D eigenvalue weighted by Crippen LogP contribution is -2.51. The molecule has 132 valence electrons. The summed E-state index contributed by atoms with van der Waals surface area (Å²) in [5.41, 5.74) is 2.01. The first-order valence-corrected chi connectivity index (χ1v) is 8.49. The monoisotopic (exact) mass is 341 g/mol. The zero-order valence-corrected chi connectivity index (χ0v) is 14.3. The van der Waals surface area contributed by atoms with E-state index >= 15 is 0 Å². The Balaban J connectivity index is 1.60. The largest absolute Gasteiger partial charge is 0.352 e. The summed E-state index contributed by atoms with van der Waals surface area (Å²) in [6, 6.07) is 7.84. The highest BCUT2D eigenvalue weighted by atomic mass is 16.2. The van der Waals surface area contributed by atoms with Gasteiger partial charge in [0.25, 0.3) is 0 Å². The number of para-hydroxylation sites is 1. The van der Waals surface area contributed by atoms with Gasteiger partial charge in [-0.05, 0) is 24.5 Å². The maximum Gasteiger partial charge on any atom is 0.317 e. The number of piperidine rings is 1. The average Bonchev–Trinajstić information content (AvgIpc) is 3.14. The minimum Gasteiger partial charge on any atom is -0.352 e. The molecule has 2 heterocycles. The van der Waals surface area contributed by atoms with Crippen molar-refractivity contribution in [2.24, 2.45) is 0 Å². The molecule has 1 saturated heterocycles. The first-order chi connectivity index (χ1) is 12.1. The number of benzene rings is 1. The lowest BCUT2D eigenvalue weighted by atomic mass is 10.1. The number of carbonyl (C=O) groups is 2. The Hall–Kier alpha value is -2.83. The Kier molecular flexibility index (Phi) is 5.33. The number of hydrogen-bond acceptors (Lipinski definition) is 3. The number of hydrogen-bond donors (Lipinski definition) is 2. The molecule has 0 bridgehead atoms. The van der Waals surface area contributed by atoms with Crippen molar-refractivity contribution in [3.05, 3.63) is 48.5 Å². The SMILES string of the molecule is CC(=O)NC1CCCN(C(=O)NCc2ccccc2-n2ccnc2)C1. The summed E-state index contributed by atoms with van der Waals surface area (Å²) in [7, 11) is 0. The van der Waals surface area contributed by atoms with Crippen LogP contribution in [0.5, 0.6) is 0 Å². The number of aromatic nitrogens is 2. The van der Waals surface area contributed by atoms with Crippen LogP contribution >= 0.6 is 0 Å². The fourth-order valence-electron chi connectivity index (χ4n) is 3.16. The lowest BCUT2D eigenvalue weighted by molar-refractivity contribution is -0.119. The molecular formula is C18H23N5O2. The second-order valence-electron chi connectivity index (χ2n) is 6.24. The first-order valence-electron chi connectivity index (χ1n) is 8.49. The summed E-state index contributed by atoms with van der Waals surface area (Å²) in [5.74, 6) is -0.0542. The smallest absolute Gasteiger partial charge is 0.317 e. The van der Waals surface area contributed by atoms with Crippen LogP contribution in [0.4, 0.5) is 4.79 Å². The maximum atomic E-state index is 12.5. The van der Waals surface area contributed by atoms with E-state index in [2.05, 4.69) is 15.6 Å². The molecule has 1 unspecified atom stereocenters. The van der Waals surface area contributed by atoms with Crippen molar-refractivity contribution in [1.82, 2.24) is 25.1 Å². The number of likely N-dealkylation sites (tertiary alicyclic amines) is 1. The number of imidazole rings is 1. The minimum absolute atomic E-state index is 0.0373. The molecule has 7 heteroatoms. The molecule has 1 atom stereocenters. The molecule has 1 fully saturated rings. The zero-order valence-electron chi connectivity index (χ0n) is 14.3. The predicted octanol–water partition coefficient (Wildman–Crippen LogP) is 1.68. The van der Waals surface area contributed by atoms with Gasteiger partial charge in [0, 0.05) is 45.0 Å². The van der Waals surface area contributed by atoms with Gasteiger partial charge in [-0.1, -0.05) is 18.2 Å². The standard InChI is InChI=1S/C18H23N5O2/c1-14(24)21-16-6-4-9-22(12-16)18(25)20-11-15-5-2-3-7-17(15)23-10-8-19-13-23/h2-3,5,7-8,10,13,16H,4,6,9,11-12H2,1H3,(H,20,25)(H,21,24). The molecule has 2 aromatic rings. The van der Waals surface area contributed by atoms with E-state index in [1.54, 1.807) is 17.4 Å². The number of amides is 3. The first kappa shape index (κ1) is 17.0. The molecule has 0 spiro atoms. The van der Waals surface area contributed by atoms with Crippen LogP contribution in [0.1, 0.15) is 25.3 Å². The third-order valence-electron chi connectivity index (χ3n) is 4.32. The Morgan fingerprint density at radius 3 is 2.92 bits per heavy atom. The van der Waals surface area contributed by atoms with Gasteiger partial charge in [-0.25, -0.2) is 9.78 Å². The van der Waals surface area contributed by atoms with Gasteiger partial charge in [0.1, 0.15) is 0 Å². The van der Waals surface area contributed by atoms with Crippen molar-refractivity contribution in [1.29, 1.82) is 0 Å². The van der Waals surface area contributed by atoms with Gasteiger partial charge in [0.15, 0.2) is 0 Å². The van der Waals surface area contributed by atoms with Crippen molar-refractivity contribution in [2.75, 3.05) is 13.1 Å². The Labute approximate surface area is 147 Å². The molecule has 1 aromatic heterocycles. The second-order valence-corrected chi connectivity index (χ2v) is 6.24. The highest BCUT2D eigenvalue weighted by Gasteiger charge is 2.24. The Morgan fingerprint density at radius 2 is 2.16 bits per heavy atom.